The monoisotopic (exact) mass is 1380 g/mol. The van der Waals surface area contributed by atoms with Gasteiger partial charge in [0.05, 0.1) is 6.10 Å². The smallest absolute Gasteiger partial charge is 0.303 e. The summed E-state index contributed by atoms with van der Waals surface area (Å²) >= 11 is 5.69. The van der Waals surface area contributed by atoms with Gasteiger partial charge in [0.25, 0.3) is 0 Å². The quantitative estimate of drug-likeness (QED) is 0.0222. The van der Waals surface area contributed by atoms with E-state index >= 15 is 0 Å². The zero-order valence-corrected chi connectivity index (χ0v) is 69.9. The number of thiol groups is 1. The number of guanidine groups is 1. The van der Waals surface area contributed by atoms with Gasteiger partial charge in [0.15, 0.2) is 5.96 Å². The Morgan fingerprint density at radius 3 is 0.968 bits per heavy atom. The van der Waals surface area contributed by atoms with Crippen molar-refractivity contribution in [2.45, 2.75) is 349 Å². The number of amides is 2. The zero-order valence-electron chi connectivity index (χ0n) is 68.2. The molecule has 0 aliphatic rings. The van der Waals surface area contributed by atoms with E-state index in [1.54, 1.807) is 34.6 Å². The fraction of sp³-hybridized carbons (Fsp3) is 0.853. The molecule has 93 heavy (non-hydrogen) atoms. The van der Waals surface area contributed by atoms with Crippen LogP contribution in [0.5, 0.6) is 0 Å². The zero-order chi connectivity index (χ0) is 78.1. The third-order valence-corrected chi connectivity index (χ3v) is 9.62. The Bertz CT molecular complexity index is 1290. The van der Waals surface area contributed by atoms with Crippen molar-refractivity contribution >= 4 is 54.1 Å². The van der Waals surface area contributed by atoms with Gasteiger partial charge >= 0.3 is 11.9 Å². The lowest BCUT2D eigenvalue weighted by Gasteiger charge is -2.05. The summed E-state index contributed by atoms with van der Waals surface area (Å²) in [5.41, 5.74) is 31.8. The molecule has 17 N–H and O–H groups in total. The van der Waals surface area contributed by atoms with Gasteiger partial charge in [-0.3, -0.25) is 24.2 Å². The molecule has 16 nitrogen and oxygen atoms in total. The topological polar surface area (TPSA) is 338 Å². The maximum absolute atomic E-state index is 9.82. The predicted molar refractivity (Wildman–Crippen MR) is 429 cm³/mol. The second kappa shape index (κ2) is 137. The third-order valence-electron chi connectivity index (χ3n) is 8.81. The van der Waals surface area contributed by atoms with Gasteiger partial charge in [0.2, 0.25) is 11.8 Å². The number of aliphatic hydroxyl groups is 3. The molecule has 1 atom stereocenters. The van der Waals surface area contributed by atoms with Crippen LogP contribution in [0.25, 0.3) is 0 Å². The van der Waals surface area contributed by atoms with Gasteiger partial charge in [-0.1, -0.05) is 276 Å². The Hall–Kier alpha value is -3.13. The number of nitrogens with two attached hydrogens (primary N) is 6. The number of aliphatic hydroxyl groups excluding tert-OH is 3. The van der Waals surface area contributed by atoms with Gasteiger partial charge in [-0.25, -0.2) is 0 Å². The van der Waals surface area contributed by atoms with Crippen LogP contribution in [0.2, 0.25) is 0 Å². The highest BCUT2D eigenvalue weighted by Gasteiger charge is 1.96. The van der Waals surface area contributed by atoms with Crippen molar-refractivity contribution in [2.75, 3.05) is 44.0 Å². The minimum absolute atomic E-state index is 0.167. The number of carbonyl (C=O) groups is 4. The number of aliphatic imine (C=N–C) groups is 1. The number of unbranched alkanes of at least 4 members (excludes halogenated alkanes) is 3. The van der Waals surface area contributed by atoms with Gasteiger partial charge in [0, 0.05) is 51.5 Å². The van der Waals surface area contributed by atoms with E-state index in [4.69, 9.17) is 54.2 Å². The van der Waals surface area contributed by atoms with Crippen LogP contribution in [0.3, 0.4) is 0 Å². The molecule has 0 spiro atoms. The van der Waals surface area contributed by atoms with E-state index in [1.807, 2.05) is 59.4 Å². The number of carboxylic acids is 2. The minimum atomic E-state index is -0.745. The largest absolute Gasteiger partial charge is 0.481 e. The summed E-state index contributed by atoms with van der Waals surface area (Å²) < 4.78 is 0. The number of aliphatic carboxylic acids is 2. The molecular weight excluding hydrogens is 1210 g/mol. The summed E-state index contributed by atoms with van der Waals surface area (Å²) in [5, 5.41) is 40.0. The molecule has 0 aromatic heterocycles. The van der Waals surface area contributed by atoms with E-state index in [1.165, 1.54) is 62.7 Å². The average Bonchev–Trinajstić information content (AvgIpc) is 3.65. The Balaban J connectivity index is -0.0000000442. The van der Waals surface area contributed by atoms with Crippen LogP contribution in [0, 0.1) is 29.1 Å². The summed E-state index contributed by atoms with van der Waals surface area (Å²) in [6.07, 6.45) is 20.3. The molecule has 576 valence electrons. The highest BCUT2D eigenvalue weighted by Crippen LogP contribution is 2.08. The number of primary amides is 2. The van der Waals surface area contributed by atoms with Crippen LogP contribution in [-0.4, -0.2) is 111 Å². The van der Waals surface area contributed by atoms with Gasteiger partial charge in [-0.2, -0.15) is 24.4 Å². The molecule has 0 radical (unpaired) electrons. The summed E-state index contributed by atoms with van der Waals surface area (Å²) in [6, 6.07) is 10.5. The number of rotatable bonds is 22. The second-order valence-electron chi connectivity index (χ2n) is 23.6. The molecule has 0 saturated carbocycles. The van der Waals surface area contributed by atoms with Crippen LogP contribution in [0.1, 0.15) is 336 Å². The van der Waals surface area contributed by atoms with Crippen LogP contribution in [-0.2, 0) is 25.6 Å². The first-order valence-corrected chi connectivity index (χ1v) is 37.7. The van der Waals surface area contributed by atoms with Gasteiger partial charge in [-0.15, -0.1) is 0 Å². The Morgan fingerprint density at radius 1 is 0.559 bits per heavy atom. The molecule has 0 saturated heterocycles. The van der Waals surface area contributed by atoms with Crippen molar-refractivity contribution in [3.63, 3.8) is 0 Å². The highest BCUT2D eigenvalue weighted by molar-refractivity contribution is 7.98. The second-order valence-corrected chi connectivity index (χ2v) is 25.2. The number of benzene rings is 1. The van der Waals surface area contributed by atoms with E-state index in [9.17, 15) is 19.2 Å². The van der Waals surface area contributed by atoms with Crippen LogP contribution < -0.4 is 34.4 Å². The molecule has 2 amide bonds. The molecular formula is C75H175N7O9S2. The number of aryl methyl sites for hydroxylation is 1. The summed E-state index contributed by atoms with van der Waals surface area (Å²) in [4.78, 5) is 42.2. The fourth-order valence-corrected chi connectivity index (χ4v) is 3.29. The number of carbonyl (C=O) groups excluding carboxylic acids is 2. The van der Waals surface area contributed by atoms with Gasteiger partial charge in [-0.05, 0) is 125 Å². The average molecular weight is 1380 g/mol. The van der Waals surface area contributed by atoms with E-state index in [-0.39, 0.29) is 43.0 Å². The molecule has 0 aliphatic heterocycles. The van der Waals surface area contributed by atoms with E-state index in [0.29, 0.717) is 31.2 Å². The Labute approximate surface area is 593 Å². The van der Waals surface area contributed by atoms with Crippen molar-refractivity contribution < 1.29 is 44.7 Å². The number of thioether (sulfide) groups is 1. The first-order chi connectivity index (χ1) is 43.1. The van der Waals surface area contributed by atoms with Gasteiger partial charge in [0.1, 0.15) is 0 Å². The van der Waals surface area contributed by atoms with Crippen molar-refractivity contribution in [3.8, 4) is 0 Å². The third kappa shape index (κ3) is 422. The number of hydrogen-bond donors (Lipinski definition) is 12. The fourth-order valence-electron chi connectivity index (χ4n) is 2.88. The molecule has 0 bridgehead atoms. The molecule has 0 aliphatic carbocycles. The summed E-state index contributed by atoms with van der Waals surface area (Å²) in [7, 11) is 0. The molecule has 0 heterocycles. The standard InChI is InChI=1S/C8H10.C6H14.C5H13N3.C5H13NO.C5H13N.3C5H12.C4H9NO.C4H8O2.C4H10S.C4H10.C3H7NO.C3H6O2.C3H8O.C2H6O.C2H6S.C2H6/c1-2-8-6-4-3-5-7-8;1-4-6(3)5-2;1-2-3-4-8-5(6)7;1-2-3-5(7)4-6;1-2-3-4-5-6;1-5(2,3)4;2*1-4-5(2)3;2*1-2-3-4(5)6;1-3-4-5-2;1-4(2)3;2*1-2-3(4)5;1-3(2)4;2*1-2-3;1-2/h3-7H,2H2,1H3;6H,4-5H2,1-3H3;2-4H2,1H3,(H4,6,7,8);5,7H,2-4,6H2,1H3;2-6H2,1H3;1-4H3;2*5H,4H2,1-3H3;2-3H2,1H3,(H2,5,6);2-3H2,1H3,(H,5,6);3-4H2,1-2H3;4H,1-3H3;2H2,1H3,(H2,4,5);2H2,1H3,(H,4,5);3-4H,1-2H3;2*3H,2H2,1H3;1-2H3. The number of hydrogen-bond acceptors (Lipinski definition) is 12. The van der Waals surface area contributed by atoms with Gasteiger partial charge < -0.3 is 59.9 Å². The molecule has 1 aromatic carbocycles. The predicted octanol–water partition coefficient (Wildman–Crippen LogP) is 19.4. The van der Waals surface area contributed by atoms with Crippen LogP contribution in [0.4, 0.5) is 0 Å². The molecule has 1 unspecified atom stereocenters. The molecule has 1 aromatic rings. The number of carboxylic acid groups (broad SMARTS) is 2. The van der Waals surface area contributed by atoms with E-state index < -0.39 is 11.9 Å². The molecule has 1 rings (SSSR count). The molecule has 0 fully saturated rings. The summed E-state index contributed by atoms with van der Waals surface area (Å²) in [6.45, 7) is 66.4. The van der Waals surface area contributed by atoms with E-state index in [0.717, 1.165) is 87.5 Å². The van der Waals surface area contributed by atoms with Crippen LogP contribution in [0.15, 0.2) is 35.3 Å². The van der Waals surface area contributed by atoms with Crippen molar-refractivity contribution in [1.82, 2.24) is 0 Å². The maximum atomic E-state index is 9.82. The normalized spacial score (nSPS) is 9.02. The van der Waals surface area contributed by atoms with Crippen molar-refractivity contribution in [3.05, 3.63) is 35.9 Å². The van der Waals surface area contributed by atoms with Crippen molar-refractivity contribution in [2.24, 2.45) is 68.5 Å². The Kier molecular flexibility index (Phi) is 196. The van der Waals surface area contributed by atoms with Crippen LogP contribution >= 0.6 is 24.4 Å². The SMILES string of the molecule is CC.CC(C)(C)C.CC(C)C.CC(C)O.CCC(=O)O.CCC(C)C.CCC(C)C.CCC(C)CC.CCC(N)=O.CCCC(=O)O.CCCC(N)=O.CCCC(O)CN.CCCCCN.CCCCN=C(N)N.CCCSC.CCO.CCS.CCc1ccccc1. The lowest BCUT2D eigenvalue weighted by atomic mass is 10.0. The lowest BCUT2D eigenvalue weighted by molar-refractivity contribution is -0.137. The minimum Gasteiger partial charge on any atom is -0.481 e. The molecule has 18 heteroatoms. The number of nitrogens with zero attached hydrogens (tertiary/aromatic N) is 1. The van der Waals surface area contributed by atoms with E-state index in [2.05, 4.69) is 192 Å². The summed E-state index contributed by atoms with van der Waals surface area (Å²) in [5.74, 6) is 4.07. The first-order valence-electron chi connectivity index (χ1n) is 35.6. The lowest BCUT2D eigenvalue weighted by Crippen LogP contribution is -2.22. The van der Waals surface area contributed by atoms with Crippen molar-refractivity contribution in [1.29, 1.82) is 0 Å². The Morgan fingerprint density at radius 2 is 0.882 bits per heavy atom. The first kappa shape index (κ1) is 134. The maximum Gasteiger partial charge on any atom is 0.303 e. The highest BCUT2D eigenvalue weighted by atomic mass is 32.2.